The van der Waals surface area contributed by atoms with E-state index in [1.807, 2.05) is 0 Å². The summed E-state index contributed by atoms with van der Waals surface area (Å²) in [5, 5.41) is 0. The molecule has 134 valence electrons. The molecule has 0 aromatic heterocycles. The molecule has 1 unspecified atom stereocenters. The Morgan fingerprint density at radius 2 is 2.12 bits per heavy atom. The standard InChI is InChI=1S/C17H26N2O4S/c1-12(2)11-23-15-7-8-19(10-15)17(20)14-6-5-13(3)16(9-14)18-24(4,21)22/h5-6,9,12,15,18H,7-8,10-11H2,1-4H3. The summed E-state index contributed by atoms with van der Waals surface area (Å²) >= 11 is 0. The van der Waals surface area contributed by atoms with E-state index in [0.717, 1.165) is 18.2 Å². The van der Waals surface area contributed by atoms with E-state index in [9.17, 15) is 13.2 Å². The van der Waals surface area contributed by atoms with Gasteiger partial charge in [-0.15, -0.1) is 0 Å². The largest absolute Gasteiger partial charge is 0.376 e. The smallest absolute Gasteiger partial charge is 0.254 e. The summed E-state index contributed by atoms with van der Waals surface area (Å²) in [4.78, 5) is 14.4. The summed E-state index contributed by atoms with van der Waals surface area (Å²) in [6.45, 7) is 7.92. The zero-order valence-electron chi connectivity index (χ0n) is 14.7. The predicted molar refractivity (Wildman–Crippen MR) is 94.7 cm³/mol. The average molecular weight is 354 g/mol. The number of sulfonamides is 1. The van der Waals surface area contributed by atoms with Crippen LogP contribution in [0.15, 0.2) is 18.2 Å². The van der Waals surface area contributed by atoms with E-state index < -0.39 is 10.0 Å². The van der Waals surface area contributed by atoms with Gasteiger partial charge in [0.25, 0.3) is 5.91 Å². The normalized spacial score (nSPS) is 18.2. The number of aryl methyl sites for hydroxylation is 1. The zero-order valence-corrected chi connectivity index (χ0v) is 15.5. The van der Waals surface area contributed by atoms with Crippen LogP contribution in [0.5, 0.6) is 0 Å². The number of ether oxygens (including phenoxy) is 1. The van der Waals surface area contributed by atoms with Crippen molar-refractivity contribution in [3.8, 4) is 0 Å². The number of likely N-dealkylation sites (tertiary alicyclic amines) is 1. The van der Waals surface area contributed by atoms with Gasteiger partial charge in [-0.3, -0.25) is 9.52 Å². The molecule has 2 rings (SSSR count). The van der Waals surface area contributed by atoms with E-state index in [1.54, 1.807) is 30.0 Å². The van der Waals surface area contributed by atoms with Gasteiger partial charge in [-0.1, -0.05) is 19.9 Å². The molecule has 0 radical (unpaired) electrons. The molecule has 1 aromatic rings. The average Bonchev–Trinajstić information content (AvgIpc) is 2.94. The van der Waals surface area contributed by atoms with Gasteiger partial charge in [0.1, 0.15) is 0 Å². The lowest BCUT2D eigenvalue weighted by Gasteiger charge is -2.18. The second kappa shape index (κ2) is 7.53. The highest BCUT2D eigenvalue weighted by Gasteiger charge is 2.28. The van der Waals surface area contributed by atoms with Crippen LogP contribution in [0.4, 0.5) is 5.69 Å². The SMILES string of the molecule is Cc1ccc(C(=O)N2CCC(OCC(C)C)C2)cc1NS(C)(=O)=O. The number of anilines is 1. The first-order valence-electron chi connectivity index (χ1n) is 8.15. The molecule has 1 heterocycles. The lowest BCUT2D eigenvalue weighted by Crippen LogP contribution is -2.30. The van der Waals surface area contributed by atoms with Crippen LogP contribution in [0.3, 0.4) is 0 Å². The van der Waals surface area contributed by atoms with Gasteiger partial charge in [0.15, 0.2) is 0 Å². The Labute approximate surface area is 144 Å². The van der Waals surface area contributed by atoms with Gasteiger partial charge in [0.2, 0.25) is 10.0 Å². The molecule has 0 spiro atoms. The van der Waals surface area contributed by atoms with Gasteiger partial charge in [0, 0.05) is 25.3 Å². The van der Waals surface area contributed by atoms with Crippen LogP contribution in [-0.2, 0) is 14.8 Å². The molecule has 1 aromatic carbocycles. The summed E-state index contributed by atoms with van der Waals surface area (Å²) < 4.78 is 31.1. The second-order valence-electron chi connectivity index (χ2n) is 6.79. The monoisotopic (exact) mass is 354 g/mol. The van der Waals surface area contributed by atoms with E-state index in [-0.39, 0.29) is 12.0 Å². The topological polar surface area (TPSA) is 75.7 Å². The van der Waals surface area contributed by atoms with Crippen LogP contribution >= 0.6 is 0 Å². The summed E-state index contributed by atoms with van der Waals surface area (Å²) in [6.07, 6.45) is 2.01. The zero-order chi connectivity index (χ0) is 17.9. The van der Waals surface area contributed by atoms with E-state index in [1.165, 1.54) is 0 Å². The minimum Gasteiger partial charge on any atom is -0.376 e. The quantitative estimate of drug-likeness (QED) is 0.850. The summed E-state index contributed by atoms with van der Waals surface area (Å²) in [5.41, 5.74) is 1.70. The van der Waals surface area contributed by atoms with Gasteiger partial charge in [-0.05, 0) is 37.0 Å². The molecule has 1 amide bonds. The van der Waals surface area contributed by atoms with Crippen LogP contribution in [0.1, 0.15) is 36.2 Å². The van der Waals surface area contributed by atoms with Crippen LogP contribution in [0, 0.1) is 12.8 Å². The van der Waals surface area contributed by atoms with Crippen molar-refractivity contribution in [1.29, 1.82) is 0 Å². The second-order valence-corrected chi connectivity index (χ2v) is 8.54. The number of hydrogen-bond donors (Lipinski definition) is 1. The molecule has 24 heavy (non-hydrogen) atoms. The highest BCUT2D eigenvalue weighted by atomic mass is 32.2. The Kier molecular flexibility index (Phi) is 5.87. The van der Waals surface area contributed by atoms with Crippen LogP contribution in [0.2, 0.25) is 0 Å². The number of rotatable bonds is 6. The third-order valence-corrected chi connectivity index (χ3v) is 4.47. The maximum absolute atomic E-state index is 12.7. The van der Waals surface area contributed by atoms with Crippen molar-refractivity contribution in [2.24, 2.45) is 5.92 Å². The predicted octanol–water partition coefficient (Wildman–Crippen LogP) is 2.25. The molecule has 7 heteroatoms. The van der Waals surface area contributed by atoms with Crippen LogP contribution in [0.25, 0.3) is 0 Å². The minimum atomic E-state index is -3.38. The maximum Gasteiger partial charge on any atom is 0.254 e. The van der Waals surface area contributed by atoms with Crippen molar-refractivity contribution in [3.63, 3.8) is 0 Å². The van der Waals surface area contributed by atoms with Gasteiger partial charge < -0.3 is 9.64 Å². The Bertz CT molecular complexity index is 701. The Morgan fingerprint density at radius 3 is 2.75 bits per heavy atom. The molecular formula is C17H26N2O4S. The van der Waals surface area contributed by atoms with E-state index in [0.29, 0.717) is 36.9 Å². The number of nitrogens with zero attached hydrogens (tertiary/aromatic N) is 1. The molecule has 0 bridgehead atoms. The van der Waals surface area contributed by atoms with Crippen molar-refractivity contribution in [2.75, 3.05) is 30.7 Å². The number of benzene rings is 1. The maximum atomic E-state index is 12.7. The van der Waals surface area contributed by atoms with Crippen molar-refractivity contribution >= 4 is 21.6 Å². The van der Waals surface area contributed by atoms with Gasteiger partial charge in [0.05, 0.1) is 18.0 Å². The number of nitrogens with one attached hydrogen (secondary N) is 1. The fraction of sp³-hybridized carbons (Fsp3) is 0.588. The molecule has 1 N–H and O–H groups in total. The fourth-order valence-electron chi connectivity index (χ4n) is 2.62. The van der Waals surface area contributed by atoms with E-state index >= 15 is 0 Å². The molecule has 1 atom stereocenters. The van der Waals surface area contributed by atoms with Crippen molar-refractivity contribution in [3.05, 3.63) is 29.3 Å². The van der Waals surface area contributed by atoms with Gasteiger partial charge in [-0.25, -0.2) is 8.42 Å². The lowest BCUT2D eigenvalue weighted by atomic mass is 10.1. The number of carbonyl (C=O) groups is 1. The molecule has 6 nitrogen and oxygen atoms in total. The first-order valence-corrected chi connectivity index (χ1v) is 10.0. The molecule has 0 saturated carbocycles. The lowest BCUT2D eigenvalue weighted by molar-refractivity contribution is 0.0396. The molecule has 1 saturated heterocycles. The van der Waals surface area contributed by atoms with Gasteiger partial charge in [-0.2, -0.15) is 0 Å². The molecular weight excluding hydrogens is 328 g/mol. The molecule has 1 aliphatic rings. The minimum absolute atomic E-state index is 0.0791. The first-order chi connectivity index (χ1) is 11.2. The van der Waals surface area contributed by atoms with Crippen LogP contribution < -0.4 is 4.72 Å². The Balaban J connectivity index is 2.06. The number of hydrogen-bond acceptors (Lipinski definition) is 4. The number of carbonyl (C=O) groups excluding carboxylic acids is 1. The first kappa shape index (κ1) is 18.7. The third kappa shape index (κ3) is 5.21. The molecule has 1 fully saturated rings. The highest BCUT2D eigenvalue weighted by Crippen LogP contribution is 2.22. The third-order valence-electron chi connectivity index (χ3n) is 3.88. The van der Waals surface area contributed by atoms with Gasteiger partial charge >= 0.3 is 0 Å². The summed E-state index contributed by atoms with van der Waals surface area (Å²) in [6, 6.07) is 5.08. The highest BCUT2D eigenvalue weighted by molar-refractivity contribution is 7.92. The molecule has 0 aliphatic carbocycles. The Morgan fingerprint density at radius 1 is 1.42 bits per heavy atom. The summed E-state index contributed by atoms with van der Waals surface area (Å²) in [5.74, 6) is 0.374. The van der Waals surface area contributed by atoms with Crippen molar-refractivity contribution in [2.45, 2.75) is 33.3 Å². The van der Waals surface area contributed by atoms with Crippen molar-refractivity contribution < 1.29 is 17.9 Å². The fourth-order valence-corrected chi connectivity index (χ4v) is 3.24. The number of amides is 1. The van der Waals surface area contributed by atoms with E-state index in [2.05, 4.69) is 18.6 Å². The van der Waals surface area contributed by atoms with E-state index in [4.69, 9.17) is 4.74 Å². The van der Waals surface area contributed by atoms with Crippen molar-refractivity contribution in [1.82, 2.24) is 4.90 Å². The summed E-state index contributed by atoms with van der Waals surface area (Å²) in [7, 11) is -3.38. The van der Waals surface area contributed by atoms with Crippen LogP contribution in [-0.4, -0.2) is 51.3 Å². The molecule has 1 aliphatic heterocycles. The Hall–Kier alpha value is -1.60.